The van der Waals surface area contributed by atoms with E-state index in [4.69, 9.17) is 19.4 Å². The third-order valence-electron chi connectivity index (χ3n) is 5.58. The quantitative estimate of drug-likeness (QED) is 0.441. The molecule has 1 saturated heterocycles. The predicted octanol–water partition coefficient (Wildman–Crippen LogP) is 4.61. The predicted molar refractivity (Wildman–Crippen MR) is 133 cm³/mol. The van der Waals surface area contributed by atoms with E-state index < -0.39 is 28.1 Å². The Hall–Kier alpha value is -3.68. The van der Waals surface area contributed by atoms with Crippen molar-refractivity contribution in [3.05, 3.63) is 42.0 Å². The molecule has 0 aliphatic carbocycles. The first-order chi connectivity index (χ1) is 17.8. The average molecular weight is 563 g/mol. The summed E-state index contributed by atoms with van der Waals surface area (Å²) in [7, 11) is -1.23. The molecule has 3 rings (SSSR count). The molecule has 10 nitrogen and oxygen atoms in total. The van der Waals surface area contributed by atoms with Crippen LogP contribution in [-0.4, -0.2) is 64.1 Å². The molecule has 0 radical (unpaired) electrons. The zero-order chi connectivity index (χ0) is 28.5. The summed E-state index contributed by atoms with van der Waals surface area (Å²) in [5.41, 5.74) is 0.841. The van der Waals surface area contributed by atoms with Gasteiger partial charge in [-0.15, -0.1) is 0 Å². The lowest BCUT2D eigenvalue weighted by molar-refractivity contribution is -0.192. The third-order valence-corrected chi connectivity index (χ3v) is 6.98. The highest BCUT2D eigenvalue weighted by molar-refractivity contribution is 7.92. The van der Waals surface area contributed by atoms with Gasteiger partial charge in [-0.05, 0) is 43.2 Å². The van der Waals surface area contributed by atoms with Crippen LogP contribution in [0.1, 0.15) is 42.5 Å². The van der Waals surface area contributed by atoms with E-state index in [2.05, 4.69) is 9.62 Å². The van der Waals surface area contributed by atoms with E-state index in [0.717, 1.165) is 38.8 Å². The molecule has 0 spiro atoms. The van der Waals surface area contributed by atoms with Crippen molar-refractivity contribution < 1.29 is 50.9 Å². The molecule has 2 aromatic carbocycles. The van der Waals surface area contributed by atoms with Gasteiger partial charge in [0.05, 0.1) is 25.5 Å². The van der Waals surface area contributed by atoms with E-state index in [-0.39, 0.29) is 21.9 Å². The number of alkyl halides is 3. The number of hydrogen-bond acceptors (Lipinski definition) is 7. The lowest BCUT2D eigenvalue weighted by atomic mass is 10.1. The van der Waals surface area contributed by atoms with Gasteiger partial charge in [0.1, 0.15) is 16.4 Å². The van der Waals surface area contributed by atoms with Gasteiger partial charge in [0, 0.05) is 24.8 Å². The summed E-state index contributed by atoms with van der Waals surface area (Å²) in [6.45, 7) is 1.57. The normalized spacial score (nSPS) is 14.3. The molecule has 14 heteroatoms. The van der Waals surface area contributed by atoms with Crippen molar-refractivity contribution in [2.45, 2.75) is 43.2 Å². The van der Waals surface area contributed by atoms with Gasteiger partial charge in [0.15, 0.2) is 0 Å². The molecular formula is C24H29F3N2O8S. The van der Waals surface area contributed by atoms with E-state index in [0.29, 0.717) is 11.4 Å². The van der Waals surface area contributed by atoms with Gasteiger partial charge in [-0.3, -0.25) is 4.72 Å². The summed E-state index contributed by atoms with van der Waals surface area (Å²) < 4.78 is 70.5. The topological polar surface area (TPSA) is 142 Å². The fourth-order valence-electron chi connectivity index (χ4n) is 3.74. The molecule has 38 heavy (non-hydrogen) atoms. The molecule has 0 bridgehead atoms. The van der Waals surface area contributed by atoms with Gasteiger partial charge < -0.3 is 24.6 Å². The fraction of sp³-hybridized carbons (Fsp3) is 0.417. The van der Waals surface area contributed by atoms with Crippen molar-refractivity contribution in [2.75, 3.05) is 36.9 Å². The minimum absolute atomic E-state index is 0.0679. The van der Waals surface area contributed by atoms with Gasteiger partial charge >= 0.3 is 18.1 Å². The Morgan fingerprint density at radius 3 is 2.00 bits per heavy atom. The Balaban J connectivity index is 0.000000638. The largest absolute Gasteiger partial charge is 0.497 e. The first-order valence-corrected chi connectivity index (χ1v) is 13.0. The van der Waals surface area contributed by atoms with Crippen LogP contribution in [0, 0.1) is 0 Å². The Morgan fingerprint density at radius 1 is 0.921 bits per heavy atom. The molecule has 0 saturated carbocycles. The van der Waals surface area contributed by atoms with E-state index in [1.807, 2.05) is 0 Å². The number of methoxy groups -OCH3 is 2. The number of halogens is 3. The molecular weight excluding hydrogens is 533 g/mol. The average Bonchev–Trinajstić information content (AvgIpc) is 2.83. The maximum Gasteiger partial charge on any atom is 0.490 e. The molecule has 1 aliphatic heterocycles. The number of carbonyl (C=O) groups is 2. The molecule has 1 aliphatic rings. The highest BCUT2D eigenvalue weighted by atomic mass is 32.2. The first-order valence-electron chi connectivity index (χ1n) is 11.5. The molecule has 2 aromatic rings. The Morgan fingerprint density at radius 2 is 1.50 bits per heavy atom. The standard InChI is InChI=1S/C22H28N2O6S.C2HF3O2/c1-29-17-9-11-20(30-2)21(15-17)31(27,28)23-16-8-10-19(18(14-16)22(25)26)24-12-6-4-3-5-7-13-24;3-2(4,5)1(6)7/h8-11,14-15,23H,3-7,12-13H2,1-2H3,(H,25,26);(H,6,7). The molecule has 0 amide bonds. The van der Waals surface area contributed by atoms with Crippen LogP contribution in [0.5, 0.6) is 11.5 Å². The van der Waals surface area contributed by atoms with Crippen molar-refractivity contribution >= 4 is 33.3 Å². The minimum Gasteiger partial charge on any atom is -0.497 e. The highest BCUT2D eigenvalue weighted by Gasteiger charge is 2.38. The monoisotopic (exact) mass is 562 g/mol. The number of rotatable bonds is 7. The highest BCUT2D eigenvalue weighted by Crippen LogP contribution is 2.32. The van der Waals surface area contributed by atoms with Crippen LogP contribution in [-0.2, 0) is 14.8 Å². The van der Waals surface area contributed by atoms with Crippen LogP contribution in [0.2, 0.25) is 0 Å². The number of hydrogen-bond donors (Lipinski definition) is 3. The lowest BCUT2D eigenvalue weighted by Crippen LogP contribution is -2.28. The van der Waals surface area contributed by atoms with Crippen molar-refractivity contribution in [3.8, 4) is 11.5 Å². The van der Waals surface area contributed by atoms with Gasteiger partial charge in [-0.25, -0.2) is 18.0 Å². The van der Waals surface area contributed by atoms with Crippen LogP contribution >= 0.6 is 0 Å². The second-order valence-corrected chi connectivity index (χ2v) is 9.87. The van der Waals surface area contributed by atoms with Crippen molar-refractivity contribution in [1.82, 2.24) is 0 Å². The fourth-order valence-corrected chi connectivity index (χ4v) is 4.97. The van der Waals surface area contributed by atoms with Crippen molar-refractivity contribution in [3.63, 3.8) is 0 Å². The van der Waals surface area contributed by atoms with Gasteiger partial charge in [-0.1, -0.05) is 19.3 Å². The number of carboxylic acid groups (broad SMARTS) is 2. The first kappa shape index (κ1) is 30.5. The number of nitrogens with zero attached hydrogens (tertiary/aromatic N) is 1. The second kappa shape index (κ2) is 13.2. The van der Waals surface area contributed by atoms with Gasteiger partial charge in [0.2, 0.25) is 0 Å². The number of ether oxygens (including phenoxy) is 2. The van der Waals surface area contributed by atoms with E-state index in [1.54, 1.807) is 18.2 Å². The summed E-state index contributed by atoms with van der Waals surface area (Å²) in [5.74, 6) is -3.34. The summed E-state index contributed by atoms with van der Waals surface area (Å²) in [6.07, 6.45) is 0.374. The molecule has 1 fully saturated rings. The molecule has 0 atom stereocenters. The molecule has 0 aromatic heterocycles. The van der Waals surface area contributed by atoms with Crippen LogP contribution in [0.4, 0.5) is 24.5 Å². The van der Waals surface area contributed by atoms with Gasteiger partial charge in [-0.2, -0.15) is 13.2 Å². The van der Waals surface area contributed by atoms with Crippen LogP contribution in [0.3, 0.4) is 0 Å². The third kappa shape index (κ3) is 8.43. The maximum absolute atomic E-state index is 13.0. The van der Waals surface area contributed by atoms with Crippen LogP contribution in [0.25, 0.3) is 0 Å². The van der Waals surface area contributed by atoms with E-state index in [9.17, 15) is 31.5 Å². The van der Waals surface area contributed by atoms with E-state index >= 15 is 0 Å². The summed E-state index contributed by atoms with van der Waals surface area (Å²) in [5, 5.41) is 16.9. The Bertz CT molecular complexity index is 1230. The summed E-state index contributed by atoms with van der Waals surface area (Å²) in [6, 6.07) is 9.07. The number of carboxylic acids is 2. The number of sulfonamides is 1. The zero-order valence-electron chi connectivity index (χ0n) is 20.7. The summed E-state index contributed by atoms with van der Waals surface area (Å²) >= 11 is 0. The molecule has 3 N–H and O–H groups in total. The van der Waals surface area contributed by atoms with Gasteiger partial charge in [0.25, 0.3) is 10.0 Å². The number of nitrogens with one attached hydrogen (secondary N) is 1. The molecule has 210 valence electrons. The van der Waals surface area contributed by atoms with Crippen molar-refractivity contribution in [2.24, 2.45) is 0 Å². The van der Waals surface area contributed by atoms with Crippen LogP contribution in [0.15, 0.2) is 41.3 Å². The molecule has 1 heterocycles. The number of benzene rings is 2. The Labute approximate surface area is 218 Å². The van der Waals surface area contributed by atoms with E-state index in [1.165, 1.54) is 38.8 Å². The SMILES string of the molecule is COc1ccc(OC)c(S(=O)(=O)Nc2ccc(N3CCCCCCC3)c(C(=O)O)c2)c1.O=C(O)C(F)(F)F. The smallest absolute Gasteiger partial charge is 0.490 e. The number of aromatic carboxylic acids is 1. The van der Waals surface area contributed by atoms with Crippen molar-refractivity contribution in [1.29, 1.82) is 0 Å². The number of aliphatic carboxylic acids is 1. The minimum atomic E-state index is -5.08. The number of anilines is 2. The van der Waals surface area contributed by atoms with Crippen LogP contribution < -0.4 is 19.1 Å². The summed E-state index contributed by atoms with van der Waals surface area (Å²) in [4.78, 5) is 22.8. The molecule has 0 unspecified atom stereocenters. The second-order valence-electron chi connectivity index (χ2n) is 8.22. The lowest BCUT2D eigenvalue weighted by Gasteiger charge is -2.28. The maximum atomic E-state index is 13.0. The Kier molecular flexibility index (Phi) is 10.6. The zero-order valence-corrected chi connectivity index (χ0v) is 21.6.